The van der Waals surface area contributed by atoms with Crippen LogP contribution in [0.2, 0.25) is 9.79 Å². The van der Waals surface area contributed by atoms with Crippen LogP contribution in [-0.2, 0) is 18.0 Å². The van der Waals surface area contributed by atoms with Crippen molar-refractivity contribution >= 4 is 11.6 Å². The van der Waals surface area contributed by atoms with Gasteiger partial charge in [-0.2, -0.15) is 0 Å². The normalized spacial score (nSPS) is 10.6. The summed E-state index contributed by atoms with van der Waals surface area (Å²) in [5.74, 6) is 0. The monoisotopic (exact) mass is 222 g/mol. The number of rotatable bonds is 4. The van der Waals surface area contributed by atoms with Crippen molar-refractivity contribution in [1.29, 1.82) is 0 Å². The van der Waals surface area contributed by atoms with Gasteiger partial charge in [0, 0.05) is 0 Å². The Labute approximate surface area is 63.8 Å². The van der Waals surface area contributed by atoms with Crippen molar-refractivity contribution in [1.82, 2.24) is 0 Å². The molecule has 0 spiro atoms. The molecule has 2 heteroatoms. The van der Waals surface area contributed by atoms with Gasteiger partial charge >= 0.3 is 63.6 Å². The van der Waals surface area contributed by atoms with E-state index in [0.717, 1.165) is 27.8 Å². The molecule has 0 amide bonds. The van der Waals surface area contributed by atoms with Crippen molar-refractivity contribution in [3.63, 3.8) is 0 Å². The van der Waals surface area contributed by atoms with E-state index in [2.05, 4.69) is 6.58 Å². The summed E-state index contributed by atoms with van der Waals surface area (Å²) < 4.78 is 0. The second-order valence-electron chi connectivity index (χ2n) is 1.07. The first-order chi connectivity index (χ1) is 3.91. The molecule has 0 saturated carbocycles. The molecule has 0 aromatic rings. The van der Waals surface area contributed by atoms with Gasteiger partial charge in [0.15, 0.2) is 0 Å². The van der Waals surface area contributed by atoms with E-state index in [9.17, 15) is 0 Å². The molecule has 0 aliphatic heterocycles. The molecule has 0 atom stereocenters. The molecule has 0 heterocycles. The van der Waals surface area contributed by atoms with Crippen molar-refractivity contribution in [2.75, 3.05) is 0 Å². The summed E-state index contributed by atoms with van der Waals surface area (Å²) in [6.45, 7) is 3.61. The van der Waals surface area contributed by atoms with Gasteiger partial charge in [0.1, 0.15) is 0 Å². The molecule has 0 nitrogen and oxygen atoms in total. The molecule has 0 radical (unpaired) electrons. The third kappa shape index (κ3) is 6.43. The zero-order chi connectivity index (χ0) is 6.24. The summed E-state index contributed by atoms with van der Waals surface area (Å²) in [5.41, 5.74) is 1.57. The molecular formula is C6H9ClPd. The van der Waals surface area contributed by atoms with Crippen molar-refractivity contribution in [2.24, 2.45) is 0 Å². The Morgan fingerprint density at radius 3 is 2.75 bits per heavy atom. The van der Waals surface area contributed by atoms with E-state index in [-0.39, 0.29) is 0 Å². The zero-order valence-electron chi connectivity index (χ0n) is 4.55. The van der Waals surface area contributed by atoms with Crippen molar-refractivity contribution < 1.29 is 18.0 Å². The van der Waals surface area contributed by atoms with Crippen LogP contribution in [0.3, 0.4) is 0 Å². The molecule has 0 unspecified atom stereocenters. The van der Waals surface area contributed by atoms with Gasteiger partial charge in [-0.1, -0.05) is 0 Å². The molecule has 0 rings (SSSR count). The molecule has 0 fully saturated rings. The van der Waals surface area contributed by atoms with Gasteiger partial charge in [0.25, 0.3) is 0 Å². The van der Waals surface area contributed by atoms with Crippen LogP contribution in [0.1, 0.15) is 0 Å². The quantitative estimate of drug-likeness (QED) is 0.390. The number of hydrogen-bond acceptors (Lipinski definition) is 0. The predicted octanol–water partition coefficient (Wildman–Crippen LogP) is 2.84. The number of hydrogen-bond donors (Lipinski definition) is 0. The van der Waals surface area contributed by atoms with Crippen LogP contribution in [0, 0.1) is 0 Å². The molecule has 50 valence electrons. The van der Waals surface area contributed by atoms with Crippen LogP contribution in [0.25, 0.3) is 0 Å². The van der Waals surface area contributed by atoms with Gasteiger partial charge in [-0.15, -0.1) is 0 Å². The molecule has 0 saturated heterocycles. The maximum atomic E-state index is 5.28. The second kappa shape index (κ2) is 7.43. The first-order valence-corrected chi connectivity index (χ1v) is 4.86. The molecule has 0 aromatic heterocycles. The Kier molecular flexibility index (Phi) is 7.83. The van der Waals surface area contributed by atoms with Gasteiger partial charge in [0.05, 0.1) is 0 Å². The van der Waals surface area contributed by atoms with Gasteiger partial charge < -0.3 is 0 Å². The van der Waals surface area contributed by atoms with E-state index in [1.807, 2.05) is 12.2 Å². The molecule has 8 heavy (non-hydrogen) atoms. The summed E-state index contributed by atoms with van der Waals surface area (Å²) >= 11 is 6.06. The van der Waals surface area contributed by atoms with E-state index in [1.54, 1.807) is 5.54 Å². The van der Waals surface area contributed by atoms with Crippen molar-refractivity contribution in [2.45, 2.75) is 9.79 Å². The Hall–Kier alpha value is 0.432. The topological polar surface area (TPSA) is 0 Å². The van der Waals surface area contributed by atoms with Crippen LogP contribution < -0.4 is 0 Å². The fourth-order valence-electron chi connectivity index (χ4n) is 0.198. The first kappa shape index (κ1) is 8.43. The standard InChI is InChI=1S/C3H4Cl.C3H5.Pd/c1-2-3-4;1-3-2;/h2-3H,1H2;3H,1-2H2;. The molecular weight excluding hydrogens is 214 g/mol. The number of halogens is 1. The van der Waals surface area contributed by atoms with Crippen LogP contribution in [-0.4, -0.2) is 0 Å². The van der Waals surface area contributed by atoms with E-state index in [4.69, 9.17) is 11.6 Å². The minimum atomic E-state index is 0.782. The first-order valence-electron chi connectivity index (χ1n) is 2.22. The average Bonchev–Trinajstić information content (AvgIpc) is 1.81. The van der Waals surface area contributed by atoms with Crippen molar-refractivity contribution in [3.8, 4) is 0 Å². The predicted molar refractivity (Wildman–Crippen MR) is 34.8 cm³/mol. The number of allylic oxidation sites excluding steroid dienone is 2. The van der Waals surface area contributed by atoms with Gasteiger partial charge in [-0.3, -0.25) is 0 Å². The van der Waals surface area contributed by atoms with Gasteiger partial charge in [-0.25, -0.2) is 0 Å². The third-order valence-electron chi connectivity index (χ3n) is 0.437. The summed E-state index contributed by atoms with van der Waals surface area (Å²) in [4.78, 5) is 2.25. The van der Waals surface area contributed by atoms with E-state index in [0.29, 0.717) is 0 Å². The summed E-state index contributed by atoms with van der Waals surface area (Å²) in [6.07, 6.45) is 3.91. The van der Waals surface area contributed by atoms with E-state index < -0.39 is 0 Å². The van der Waals surface area contributed by atoms with Gasteiger partial charge in [-0.05, 0) is 0 Å². The minimum absolute atomic E-state index is 0.782. The average molecular weight is 223 g/mol. The fraction of sp³-hybridized carbons (Fsp3) is 0.333. The van der Waals surface area contributed by atoms with Crippen LogP contribution in [0.4, 0.5) is 0 Å². The molecule has 0 aliphatic carbocycles. The Balaban J connectivity index is 2.82. The van der Waals surface area contributed by atoms with E-state index in [1.165, 1.54) is 0 Å². The van der Waals surface area contributed by atoms with Gasteiger partial charge in [0.2, 0.25) is 0 Å². The fourth-order valence-corrected chi connectivity index (χ4v) is 1.51. The van der Waals surface area contributed by atoms with Crippen LogP contribution >= 0.6 is 11.6 Å². The molecule has 0 aliphatic rings. The van der Waals surface area contributed by atoms with Crippen LogP contribution in [0.5, 0.6) is 0 Å². The van der Waals surface area contributed by atoms with Crippen molar-refractivity contribution in [3.05, 3.63) is 24.3 Å². The Bertz CT molecular complexity index is 78.6. The molecule has 0 aromatic carbocycles. The van der Waals surface area contributed by atoms with Crippen LogP contribution in [0.15, 0.2) is 24.3 Å². The maximum absolute atomic E-state index is 5.28. The zero-order valence-corrected chi connectivity index (χ0v) is 6.86. The van der Waals surface area contributed by atoms with E-state index >= 15 is 0 Å². The molecule has 0 bridgehead atoms. The molecule has 0 N–H and O–H groups in total. The summed E-state index contributed by atoms with van der Waals surface area (Å²) in [6, 6.07) is 0. The Morgan fingerprint density at radius 2 is 2.25 bits per heavy atom. The SMILES string of the molecule is C=C[CH2][Pd][CH2]C=CCl. The third-order valence-corrected chi connectivity index (χ3v) is 2.33. The second-order valence-corrected chi connectivity index (χ2v) is 3.37. The summed E-state index contributed by atoms with van der Waals surface area (Å²) in [7, 11) is 0. The Morgan fingerprint density at radius 1 is 1.50 bits per heavy atom. The summed E-state index contributed by atoms with van der Waals surface area (Å²) in [5, 5.41) is 0.